The molecule has 8 atom stereocenters. The molecule has 0 saturated carbocycles. The first kappa shape index (κ1) is 80.4. The minimum absolute atomic E-state index is 0.0773. The molecule has 0 aromatic heterocycles. The minimum Gasteiger partial charge on any atom is -0.386 e. The van der Waals surface area contributed by atoms with Crippen molar-refractivity contribution in [3.8, 4) is 0 Å². The number of methoxy groups -OCH3 is 4. The Morgan fingerprint density at radius 3 is 0.413 bits per heavy atom. The zero-order chi connectivity index (χ0) is 73.6. The SMILES string of the molecule is [BH3-][P+](c1ccccc1)(c1ccccc1)[C@H](c1ccccc1)[C@@H](O)COC.[BH3-][P+](c1ccccc1)(c1ccccc1)[C@H](c1ccccc1)[C@@H](O)COC.[BH3-][P+](c1ccccc1)(c1ccccc1)[C@H](c1ccccc1)[C@@H](O)COC.[BH3-][P+](c1ccccc1)(c1ccccc1)[C@H](c1ccccc1)[C@@H](O)COC. The normalized spacial score (nSPS) is 14.0. The first-order valence-corrected chi connectivity index (χ1v) is 39.3. The third kappa shape index (κ3) is 19.7. The number of benzene rings is 12. The summed E-state index contributed by atoms with van der Waals surface area (Å²) in [6, 6.07) is 129. The molecule has 8 nitrogen and oxygen atoms in total. The highest BCUT2D eigenvalue weighted by molar-refractivity contribution is 8.10. The van der Waals surface area contributed by atoms with E-state index in [1.807, 2.05) is 24.3 Å². The third-order valence-electron chi connectivity index (χ3n) is 16.8. The molecule has 104 heavy (non-hydrogen) atoms. The lowest BCUT2D eigenvalue weighted by molar-refractivity contribution is 0.0621. The van der Waals surface area contributed by atoms with Crippen LogP contribution in [0, 0.1) is 0 Å². The van der Waals surface area contributed by atoms with Crippen molar-refractivity contribution in [1.29, 1.82) is 0 Å². The van der Waals surface area contributed by atoms with Crippen LogP contribution >= 0.6 is 28.6 Å². The summed E-state index contributed by atoms with van der Waals surface area (Å²) in [6.07, 6.45) is -2.08. The van der Waals surface area contributed by atoms with Gasteiger partial charge in [-0.25, -0.2) is 0 Å². The van der Waals surface area contributed by atoms with Crippen molar-refractivity contribution in [2.45, 2.75) is 47.1 Å². The van der Waals surface area contributed by atoms with E-state index in [0.717, 1.165) is 0 Å². The first-order chi connectivity index (χ1) is 50.7. The topological polar surface area (TPSA) is 118 Å². The standard InChI is InChI=1S/4C22H26BO2P/c4*1-25-17-21(24)22(18-11-5-2-6-12-18)26(23,19-13-7-3-8-14-19)20-15-9-4-10-16-20/h4*2-16,21-22,24H,17H2,1,23H3/t4*21-,22+/m0000/s1. The lowest BCUT2D eigenvalue weighted by Crippen LogP contribution is -2.35. The summed E-state index contributed by atoms with van der Waals surface area (Å²) in [6.45, 7) is 1.42. The maximum Gasteiger partial charge on any atom is 0.139 e. The van der Waals surface area contributed by atoms with E-state index in [9.17, 15) is 20.4 Å². The lowest BCUT2D eigenvalue weighted by Gasteiger charge is -2.40. The van der Waals surface area contributed by atoms with Crippen molar-refractivity contribution in [1.82, 2.24) is 0 Å². The van der Waals surface area contributed by atoms with E-state index in [1.54, 1.807) is 28.4 Å². The van der Waals surface area contributed by atoms with Crippen LogP contribution in [-0.4, -0.2) is 130 Å². The number of aliphatic hydroxyl groups excluding tert-OH is 4. The Balaban J connectivity index is 0.000000161. The summed E-state index contributed by atoms with van der Waals surface area (Å²) in [4.78, 5) is 0. The zero-order valence-electron chi connectivity index (χ0n) is 57.3. The number of ether oxygens (including phenoxy) is 4. The molecule has 0 radical (unpaired) electrons. The molecule has 0 fully saturated rings. The number of hydrogen-bond acceptors (Lipinski definition) is 8. The highest BCUT2D eigenvalue weighted by atomic mass is 31.2. The maximum absolute atomic E-state index is 11.2. The molecular weight excluding hydrogens is 1350 g/mol. The fraction of sp³-hybridized carbons (Fsp3) is 0.182. The molecule has 0 aliphatic heterocycles. The third-order valence-corrected chi connectivity index (χ3v) is 28.4. The Kier molecular flexibility index (Phi) is 31.5. The molecule has 12 aromatic carbocycles. The second kappa shape index (κ2) is 40.7. The molecule has 12 rings (SSSR count). The number of aliphatic hydroxyl groups is 4. The van der Waals surface area contributed by atoms with Crippen LogP contribution < -0.4 is 42.4 Å². The van der Waals surface area contributed by atoms with Gasteiger partial charge in [-0.05, 0) is 119 Å². The van der Waals surface area contributed by atoms with Gasteiger partial charge in [0.15, 0.2) is 0 Å². The molecule has 0 amide bonds. The van der Waals surface area contributed by atoms with Crippen molar-refractivity contribution in [2.75, 3.05) is 54.9 Å². The molecule has 0 aliphatic rings. The van der Waals surface area contributed by atoms with Gasteiger partial charge in [-0.1, -0.05) is 295 Å². The Bertz CT molecular complexity index is 3590. The Hall–Kier alpha value is -7.70. The molecule has 16 heteroatoms. The highest BCUT2D eigenvalue weighted by Crippen LogP contribution is 2.68. The summed E-state index contributed by atoms with van der Waals surface area (Å²) in [5.41, 5.74) is 5.17. The Morgan fingerprint density at radius 1 is 0.202 bits per heavy atom. The van der Waals surface area contributed by atoms with Crippen molar-refractivity contribution in [3.05, 3.63) is 386 Å². The first-order valence-electron chi connectivity index (χ1n) is 33.7. The van der Waals surface area contributed by atoms with E-state index in [-0.39, 0.29) is 52.9 Å². The summed E-state index contributed by atoms with van der Waals surface area (Å²) in [5.74, 6) is 0. The van der Waals surface area contributed by atoms with Crippen molar-refractivity contribution < 1.29 is 39.4 Å². The van der Waals surface area contributed by atoms with E-state index >= 15 is 0 Å². The molecule has 0 spiro atoms. The van der Waals surface area contributed by atoms with E-state index in [0.29, 0.717) is 26.4 Å². The largest absolute Gasteiger partial charge is 0.386 e. The molecule has 0 bridgehead atoms. The molecule has 0 unspecified atom stereocenters. The molecule has 0 heterocycles. The van der Waals surface area contributed by atoms with Crippen LogP contribution in [0.25, 0.3) is 0 Å². The molecule has 0 saturated heterocycles. The smallest absolute Gasteiger partial charge is 0.139 e. The van der Waals surface area contributed by atoms with Gasteiger partial charge >= 0.3 is 0 Å². The monoisotopic (exact) mass is 1460 g/mol. The van der Waals surface area contributed by atoms with Crippen LogP contribution in [0.5, 0.6) is 0 Å². The second-order valence-electron chi connectivity index (χ2n) is 23.7. The summed E-state index contributed by atoms with van der Waals surface area (Å²) in [7, 11) is -0.548. The van der Waals surface area contributed by atoms with Gasteiger partial charge in [0.1, 0.15) is 54.7 Å². The van der Waals surface area contributed by atoms with Gasteiger partial charge in [-0.3, -0.25) is 0 Å². The van der Waals surface area contributed by atoms with Gasteiger partial charge in [-0.15, -0.1) is 0 Å². The van der Waals surface area contributed by atoms with E-state index in [2.05, 4.69) is 340 Å². The van der Waals surface area contributed by atoms with Gasteiger partial charge in [0.05, 0.1) is 91.5 Å². The fourth-order valence-corrected chi connectivity index (χ4v) is 23.7. The van der Waals surface area contributed by atoms with E-state index in [4.69, 9.17) is 18.9 Å². The van der Waals surface area contributed by atoms with Crippen LogP contribution in [0.1, 0.15) is 44.9 Å². The molecule has 536 valence electrons. The van der Waals surface area contributed by atoms with Gasteiger partial charge in [0.2, 0.25) is 0 Å². The van der Waals surface area contributed by atoms with Crippen LogP contribution in [0.15, 0.2) is 364 Å². The summed E-state index contributed by atoms with van der Waals surface area (Å²) >= 11 is 0. The van der Waals surface area contributed by atoms with Gasteiger partial charge < -0.3 is 39.4 Å². The minimum atomic E-state index is -1.67. The van der Waals surface area contributed by atoms with Crippen LogP contribution in [0.4, 0.5) is 0 Å². The fourth-order valence-electron chi connectivity index (χ4n) is 12.4. The summed E-state index contributed by atoms with van der Waals surface area (Å²) in [5, 5.41) is 55.8. The van der Waals surface area contributed by atoms with Gasteiger partial charge in [-0.2, -0.15) is 0 Å². The van der Waals surface area contributed by atoms with Crippen LogP contribution in [0.2, 0.25) is 0 Å². The van der Waals surface area contributed by atoms with Crippen molar-refractivity contribution >= 4 is 101 Å². The average molecular weight is 1460 g/mol. The van der Waals surface area contributed by atoms with E-state index in [1.165, 1.54) is 64.7 Å². The van der Waals surface area contributed by atoms with Crippen molar-refractivity contribution in [3.63, 3.8) is 0 Å². The van der Waals surface area contributed by atoms with E-state index < -0.39 is 53.0 Å². The molecule has 12 aromatic rings. The number of rotatable bonds is 28. The molecule has 4 N–H and O–H groups in total. The molecule has 0 aliphatic carbocycles. The number of hydrogen-bond donors (Lipinski definition) is 4. The summed E-state index contributed by atoms with van der Waals surface area (Å²) < 4.78 is 21.5. The average Bonchev–Trinajstić information content (AvgIpc) is 0.778. The maximum atomic E-state index is 11.2. The Labute approximate surface area is 624 Å². The van der Waals surface area contributed by atoms with Gasteiger partial charge in [0.25, 0.3) is 0 Å². The van der Waals surface area contributed by atoms with Gasteiger partial charge in [0, 0.05) is 28.4 Å². The quantitative estimate of drug-likeness (QED) is 0.0283. The predicted molar refractivity (Wildman–Crippen MR) is 464 cm³/mol. The second-order valence-corrected chi connectivity index (χ2v) is 33.0. The lowest BCUT2D eigenvalue weighted by atomic mass is 10.1. The molecular formula is C88H104B4O8P4. The van der Waals surface area contributed by atoms with Crippen LogP contribution in [-0.2, 0) is 18.9 Å². The van der Waals surface area contributed by atoms with Crippen molar-refractivity contribution in [2.24, 2.45) is 0 Å². The Morgan fingerprint density at radius 2 is 0.308 bits per heavy atom. The predicted octanol–water partition coefficient (Wildman–Crippen LogP) is 10.7. The van der Waals surface area contributed by atoms with Crippen LogP contribution in [0.3, 0.4) is 0 Å². The zero-order valence-corrected chi connectivity index (χ0v) is 60.9. The highest BCUT2D eigenvalue weighted by Gasteiger charge is 2.48.